The quantitative estimate of drug-likeness (QED) is 0.814. The SMILES string of the molecule is CN1CC(=O)N(c2cccnc2)CC12CCN(c1ncccn1)C2. The van der Waals surface area contributed by atoms with Crippen molar-refractivity contribution in [2.45, 2.75) is 12.0 Å². The van der Waals surface area contributed by atoms with Crippen molar-refractivity contribution in [3.8, 4) is 0 Å². The highest BCUT2D eigenvalue weighted by atomic mass is 16.2. The lowest BCUT2D eigenvalue weighted by Crippen LogP contribution is -2.64. The summed E-state index contributed by atoms with van der Waals surface area (Å²) in [6.07, 6.45) is 7.99. The van der Waals surface area contributed by atoms with E-state index in [1.54, 1.807) is 24.8 Å². The second-order valence-corrected chi connectivity index (χ2v) is 6.49. The van der Waals surface area contributed by atoms with Crippen LogP contribution < -0.4 is 9.80 Å². The smallest absolute Gasteiger partial charge is 0.241 e. The lowest BCUT2D eigenvalue weighted by Gasteiger charge is -2.46. The standard InChI is InChI=1S/C17H20N6O/c1-21-11-15(24)23(14-4-2-6-18-10-14)13-17(21)5-9-22(12-17)16-19-7-3-8-20-16/h2-4,6-8,10H,5,9,11-13H2,1H3. The molecule has 0 aliphatic carbocycles. The van der Waals surface area contributed by atoms with E-state index in [0.717, 1.165) is 31.1 Å². The van der Waals surface area contributed by atoms with Crippen molar-refractivity contribution < 1.29 is 4.79 Å². The molecular formula is C17H20N6O. The molecular weight excluding hydrogens is 304 g/mol. The van der Waals surface area contributed by atoms with Crippen LogP contribution in [0, 0.1) is 0 Å². The van der Waals surface area contributed by atoms with Gasteiger partial charge in [0.25, 0.3) is 0 Å². The van der Waals surface area contributed by atoms with Gasteiger partial charge in [-0.25, -0.2) is 9.97 Å². The minimum atomic E-state index is -0.0804. The maximum Gasteiger partial charge on any atom is 0.241 e. The molecule has 0 aromatic carbocycles. The first kappa shape index (κ1) is 15.0. The predicted molar refractivity (Wildman–Crippen MR) is 90.8 cm³/mol. The molecule has 124 valence electrons. The zero-order chi connectivity index (χ0) is 16.6. The van der Waals surface area contributed by atoms with Crippen molar-refractivity contribution >= 4 is 17.5 Å². The molecule has 2 aromatic heterocycles. The highest BCUT2D eigenvalue weighted by Gasteiger charge is 2.48. The van der Waals surface area contributed by atoms with E-state index in [4.69, 9.17) is 0 Å². The van der Waals surface area contributed by atoms with E-state index in [1.807, 2.05) is 30.1 Å². The first-order valence-corrected chi connectivity index (χ1v) is 8.12. The Hall–Kier alpha value is -2.54. The average molecular weight is 324 g/mol. The summed E-state index contributed by atoms with van der Waals surface area (Å²) in [7, 11) is 2.04. The number of pyridine rings is 1. The highest BCUT2D eigenvalue weighted by Crippen LogP contribution is 2.34. The Labute approximate surface area is 140 Å². The number of rotatable bonds is 2. The Balaban J connectivity index is 1.59. The second kappa shape index (κ2) is 5.83. The number of hydrogen-bond donors (Lipinski definition) is 0. The molecule has 1 spiro atoms. The van der Waals surface area contributed by atoms with E-state index in [1.165, 1.54) is 0 Å². The van der Waals surface area contributed by atoms with Gasteiger partial charge in [-0.2, -0.15) is 0 Å². The van der Waals surface area contributed by atoms with Crippen molar-refractivity contribution in [3.05, 3.63) is 43.0 Å². The van der Waals surface area contributed by atoms with E-state index >= 15 is 0 Å². The first-order chi connectivity index (χ1) is 11.7. The average Bonchev–Trinajstić information content (AvgIpc) is 3.05. The van der Waals surface area contributed by atoms with Gasteiger partial charge in [-0.15, -0.1) is 0 Å². The summed E-state index contributed by atoms with van der Waals surface area (Å²) in [5.74, 6) is 0.873. The van der Waals surface area contributed by atoms with E-state index < -0.39 is 0 Å². The van der Waals surface area contributed by atoms with Gasteiger partial charge in [-0.3, -0.25) is 14.7 Å². The van der Waals surface area contributed by atoms with Crippen LogP contribution in [0.4, 0.5) is 11.6 Å². The van der Waals surface area contributed by atoms with E-state index in [0.29, 0.717) is 13.1 Å². The molecule has 0 radical (unpaired) electrons. The number of carbonyl (C=O) groups excluding carboxylic acids is 1. The van der Waals surface area contributed by atoms with Crippen LogP contribution in [-0.2, 0) is 4.79 Å². The molecule has 2 aliphatic heterocycles. The highest BCUT2D eigenvalue weighted by molar-refractivity contribution is 5.95. The summed E-state index contributed by atoms with van der Waals surface area (Å²) in [6, 6.07) is 5.63. The molecule has 4 rings (SSSR count). The molecule has 24 heavy (non-hydrogen) atoms. The third kappa shape index (κ3) is 2.50. The van der Waals surface area contributed by atoms with Crippen molar-refractivity contribution in [2.75, 3.05) is 43.0 Å². The van der Waals surface area contributed by atoms with Gasteiger partial charge in [0, 0.05) is 38.2 Å². The zero-order valence-corrected chi connectivity index (χ0v) is 13.7. The second-order valence-electron chi connectivity index (χ2n) is 6.49. The Morgan fingerprint density at radius 2 is 1.96 bits per heavy atom. The topological polar surface area (TPSA) is 65.5 Å². The molecule has 7 heteroatoms. The van der Waals surface area contributed by atoms with Crippen molar-refractivity contribution in [1.82, 2.24) is 19.9 Å². The molecule has 2 aromatic rings. The molecule has 0 N–H and O–H groups in total. The summed E-state index contributed by atoms with van der Waals surface area (Å²) in [5, 5.41) is 0. The predicted octanol–water partition coefficient (Wildman–Crippen LogP) is 0.799. The number of piperazine rings is 1. The van der Waals surface area contributed by atoms with Crippen LogP contribution in [0.5, 0.6) is 0 Å². The van der Waals surface area contributed by atoms with Crippen LogP contribution in [0.25, 0.3) is 0 Å². The van der Waals surface area contributed by atoms with Gasteiger partial charge in [0.2, 0.25) is 11.9 Å². The molecule has 2 aliphatic rings. The van der Waals surface area contributed by atoms with Crippen molar-refractivity contribution in [1.29, 1.82) is 0 Å². The largest absolute Gasteiger partial charge is 0.339 e. The number of carbonyl (C=O) groups is 1. The molecule has 0 bridgehead atoms. The number of hydrogen-bond acceptors (Lipinski definition) is 6. The Kier molecular flexibility index (Phi) is 3.65. The fourth-order valence-electron chi connectivity index (χ4n) is 3.63. The maximum absolute atomic E-state index is 12.5. The minimum absolute atomic E-state index is 0.0804. The third-order valence-electron chi connectivity index (χ3n) is 5.06. The summed E-state index contributed by atoms with van der Waals surface area (Å²) in [4.78, 5) is 31.6. The Morgan fingerprint density at radius 1 is 1.12 bits per heavy atom. The van der Waals surface area contributed by atoms with Crippen LogP contribution in [0.3, 0.4) is 0 Å². The lowest BCUT2D eigenvalue weighted by molar-refractivity contribution is -0.123. The van der Waals surface area contributed by atoms with Crippen LogP contribution in [-0.4, -0.2) is 64.5 Å². The summed E-state index contributed by atoms with van der Waals surface area (Å²) < 4.78 is 0. The summed E-state index contributed by atoms with van der Waals surface area (Å²) in [6.45, 7) is 2.79. The monoisotopic (exact) mass is 324 g/mol. The molecule has 1 amide bonds. The lowest BCUT2D eigenvalue weighted by atomic mass is 9.92. The van der Waals surface area contributed by atoms with Gasteiger partial charge in [-0.1, -0.05) is 0 Å². The van der Waals surface area contributed by atoms with Gasteiger partial charge in [0.05, 0.1) is 24.0 Å². The van der Waals surface area contributed by atoms with Gasteiger partial charge >= 0.3 is 0 Å². The van der Waals surface area contributed by atoms with Crippen LogP contribution in [0.2, 0.25) is 0 Å². The number of amides is 1. The number of nitrogens with zero attached hydrogens (tertiary/aromatic N) is 6. The van der Waals surface area contributed by atoms with Gasteiger partial charge in [0.15, 0.2) is 0 Å². The number of anilines is 2. The van der Waals surface area contributed by atoms with Gasteiger partial charge < -0.3 is 9.80 Å². The molecule has 0 saturated carbocycles. The fraction of sp³-hybridized carbons (Fsp3) is 0.412. The number of likely N-dealkylation sites (N-methyl/N-ethyl adjacent to an activating group) is 1. The maximum atomic E-state index is 12.5. The molecule has 7 nitrogen and oxygen atoms in total. The van der Waals surface area contributed by atoms with Crippen LogP contribution in [0.1, 0.15) is 6.42 Å². The fourth-order valence-corrected chi connectivity index (χ4v) is 3.63. The minimum Gasteiger partial charge on any atom is -0.339 e. The Morgan fingerprint density at radius 3 is 2.71 bits per heavy atom. The van der Waals surface area contributed by atoms with E-state index in [9.17, 15) is 4.79 Å². The summed E-state index contributed by atoms with van der Waals surface area (Å²) in [5.41, 5.74) is 0.785. The molecule has 1 unspecified atom stereocenters. The third-order valence-corrected chi connectivity index (χ3v) is 5.06. The van der Waals surface area contributed by atoms with Crippen molar-refractivity contribution in [3.63, 3.8) is 0 Å². The Bertz CT molecular complexity index is 724. The first-order valence-electron chi connectivity index (χ1n) is 8.12. The normalized spacial score (nSPS) is 24.8. The van der Waals surface area contributed by atoms with Crippen LogP contribution in [0.15, 0.2) is 43.0 Å². The number of aromatic nitrogens is 3. The summed E-state index contributed by atoms with van der Waals surface area (Å²) >= 11 is 0. The molecule has 1 atom stereocenters. The molecule has 2 fully saturated rings. The van der Waals surface area contributed by atoms with Crippen LogP contribution >= 0.6 is 0 Å². The molecule has 2 saturated heterocycles. The zero-order valence-electron chi connectivity index (χ0n) is 13.7. The van der Waals surface area contributed by atoms with E-state index in [-0.39, 0.29) is 11.4 Å². The van der Waals surface area contributed by atoms with Gasteiger partial charge in [-0.05, 0) is 31.7 Å². The molecule has 4 heterocycles. The van der Waals surface area contributed by atoms with Crippen molar-refractivity contribution in [2.24, 2.45) is 0 Å². The van der Waals surface area contributed by atoms with Gasteiger partial charge in [0.1, 0.15) is 0 Å². The van der Waals surface area contributed by atoms with E-state index in [2.05, 4.69) is 24.8 Å².